The van der Waals surface area contributed by atoms with Crippen LogP contribution in [0.1, 0.15) is 50.9 Å². The van der Waals surface area contributed by atoms with Gasteiger partial charge in [0.05, 0.1) is 20.3 Å². The van der Waals surface area contributed by atoms with E-state index in [0.29, 0.717) is 11.3 Å². The van der Waals surface area contributed by atoms with Gasteiger partial charge in [0.1, 0.15) is 11.4 Å². The maximum absolute atomic E-state index is 13.2. The molecule has 6 heteroatoms. The van der Waals surface area contributed by atoms with Crippen molar-refractivity contribution >= 4 is 12.1 Å². The van der Waals surface area contributed by atoms with E-state index in [1.165, 1.54) is 12.0 Å². The number of methoxy groups -OCH3 is 2. The summed E-state index contributed by atoms with van der Waals surface area (Å²) in [5.74, 6) is 0.166. The lowest BCUT2D eigenvalue weighted by molar-refractivity contribution is -0.148. The molecule has 0 saturated carbocycles. The van der Waals surface area contributed by atoms with Crippen molar-refractivity contribution in [3.05, 3.63) is 65.7 Å². The number of carbonyl (C=O) groups excluding carboxylic acids is 2. The van der Waals surface area contributed by atoms with Gasteiger partial charge in [0.15, 0.2) is 6.04 Å². The molecule has 6 nitrogen and oxygen atoms in total. The van der Waals surface area contributed by atoms with E-state index in [1.807, 2.05) is 49.4 Å². The molecule has 156 valence electrons. The first-order valence-electron chi connectivity index (χ1n) is 9.46. The fraction of sp³-hybridized carbons (Fsp3) is 0.391. The van der Waals surface area contributed by atoms with E-state index in [9.17, 15) is 9.59 Å². The third kappa shape index (κ3) is 5.73. The van der Waals surface area contributed by atoms with Crippen LogP contribution in [0.25, 0.3) is 0 Å². The Kier molecular flexibility index (Phi) is 7.26. The van der Waals surface area contributed by atoms with Gasteiger partial charge in [-0.3, -0.25) is 4.90 Å². The minimum Gasteiger partial charge on any atom is -0.497 e. The lowest BCUT2D eigenvalue weighted by atomic mass is 10.0. The standard InChI is InChI=1S/C23H29NO5/c1-16(17-12-14-19(27-5)15-13-17)24(22(26)29-23(2,3)4)20(21(25)28-6)18-10-8-7-9-11-18/h7-16,20H,1-6H3/t16-,20-/m0/s1. The van der Waals surface area contributed by atoms with E-state index < -0.39 is 29.7 Å². The summed E-state index contributed by atoms with van der Waals surface area (Å²) in [4.78, 5) is 27.4. The highest BCUT2D eigenvalue weighted by atomic mass is 16.6. The van der Waals surface area contributed by atoms with E-state index in [2.05, 4.69) is 0 Å². The van der Waals surface area contributed by atoms with Crippen LogP contribution in [-0.4, -0.2) is 36.8 Å². The van der Waals surface area contributed by atoms with Gasteiger partial charge in [0.25, 0.3) is 0 Å². The van der Waals surface area contributed by atoms with Crippen LogP contribution in [0.3, 0.4) is 0 Å². The number of hydrogen-bond donors (Lipinski definition) is 0. The smallest absolute Gasteiger partial charge is 0.411 e. The van der Waals surface area contributed by atoms with Gasteiger partial charge in [0.2, 0.25) is 0 Å². The molecular formula is C23H29NO5. The van der Waals surface area contributed by atoms with Gasteiger partial charge in [0, 0.05) is 0 Å². The molecule has 0 aromatic heterocycles. The van der Waals surface area contributed by atoms with Crippen LogP contribution < -0.4 is 4.74 Å². The van der Waals surface area contributed by atoms with Crippen molar-refractivity contribution in [1.82, 2.24) is 4.90 Å². The first-order valence-corrected chi connectivity index (χ1v) is 9.46. The monoisotopic (exact) mass is 399 g/mol. The second kappa shape index (κ2) is 9.45. The normalized spacial score (nSPS) is 13.2. The van der Waals surface area contributed by atoms with Crippen LogP contribution in [0.2, 0.25) is 0 Å². The Bertz CT molecular complexity index is 811. The number of rotatable bonds is 6. The van der Waals surface area contributed by atoms with E-state index in [4.69, 9.17) is 14.2 Å². The Hall–Kier alpha value is -3.02. The average Bonchev–Trinajstić information content (AvgIpc) is 2.70. The molecule has 1 amide bonds. The number of benzene rings is 2. The molecule has 2 aromatic rings. The van der Waals surface area contributed by atoms with Crippen LogP contribution in [0.4, 0.5) is 4.79 Å². The molecular weight excluding hydrogens is 370 g/mol. The molecule has 2 atom stereocenters. The van der Waals surface area contributed by atoms with Gasteiger partial charge in [-0.2, -0.15) is 0 Å². The maximum Gasteiger partial charge on any atom is 0.411 e. The zero-order chi connectivity index (χ0) is 21.6. The van der Waals surface area contributed by atoms with Crippen LogP contribution >= 0.6 is 0 Å². The van der Waals surface area contributed by atoms with Gasteiger partial charge in [-0.1, -0.05) is 42.5 Å². The van der Waals surface area contributed by atoms with Gasteiger partial charge < -0.3 is 14.2 Å². The highest BCUT2D eigenvalue weighted by molar-refractivity contribution is 5.83. The predicted molar refractivity (Wildman–Crippen MR) is 111 cm³/mol. The minimum atomic E-state index is -0.951. The summed E-state index contributed by atoms with van der Waals surface area (Å²) in [6.07, 6.45) is -0.597. The molecule has 0 saturated heterocycles. The Labute approximate surface area is 172 Å². The molecule has 0 spiro atoms. The number of ether oxygens (including phenoxy) is 3. The molecule has 0 unspecified atom stereocenters. The summed E-state index contributed by atoms with van der Waals surface area (Å²) >= 11 is 0. The summed E-state index contributed by atoms with van der Waals surface area (Å²) in [7, 11) is 2.90. The summed E-state index contributed by atoms with van der Waals surface area (Å²) in [5.41, 5.74) is 0.763. The van der Waals surface area contributed by atoms with Crippen LogP contribution in [-0.2, 0) is 14.3 Å². The summed E-state index contributed by atoms with van der Waals surface area (Å²) in [5, 5.41) is 0. The SMILES string of the molecule is COC(=O)[C@H](c1ccccc1)N(C(=O)OC(C)(C)C)[C@@H](C)c1ccc(OC)cc1. The van der Waals surface area contributed by atoms with Gasteiger partial charge in [-0.25, -0.2) is 9.59 Å². The molecule has 0 bridgehead atoms. The van der Waals surface area contributed by atoms with Gasteiger partial charge >= 0.3 is 12.1 Å². The Balaban J connectivity index is 2.54. The summed E-state index contributed by atoms with van der Waals surface area (Å²) < 4.78 is 15.9. The number of carbonyl (C=O) groups is 2. The quantitative estimate of drug-likeness (QED) is 0.646. The van der Waals surface area contributed by atoms with E-state index in [1.54, 1.807) is 40.0 Å². The third-order valence-electron chi connectivity index (χ3n) is 4.44. The topological polar surface area (TPSA) is 65.1 Å². The van der Waals surface area contributed by atoms with Crippen molar-refractivity contribution in [2.45, 2.75) is 45.4 Å². The molecule has 29 heavy (non-hydrogen) atoms. The Morgan fingerprint density at radius 1 is 0.897 bits per heavy atom. The van der Waals surface area contributed by atoms with Crippen molar-refractivity contribution in [2.75, 3.05) is 14.2 Å². The van der Waals surface area contributed by atoms with Crippen LogP contribution in [0, 0.1) is 0 Å². The highest BCUT2D eigenvalue weighted by Crippen LogP contribution is 2.34. The molecule has 0 aliphatic carbocycles. The molecule has 0 heterocycles. The Morgan fingerprint density at radius 3 is 1.97 bits per heavy atom. The molecule has 0 fully saturated rings. The molecule has 0 aliphatic heterocycles. The van der Waals surface area contributed by atoms with Crippen molar-refractivity contribution in [3.8, 4) is 5.75 Å². The predicted octanol–water partition coefficient (Wildman–Crippen LogP) is 4.91. The first-order chi connectivity index (χ1) is 13.7. The number of esters is 1. The molecule has 2 aromatic carbocycles. The first kappa shape index (κ1) is 22.3. The Morgan fingerprint density at radius 2 is 1.48 bits per heavy atom. The zero-order valence-corrected chi connectivity index (χ0v) is 17.8. The highest BCUT2D eigenvalue weighted by Gasteiger charge is 2.38. The van der Waals surface area contributed by atoms with Gasteiger partial charge in [-0.15, -0.1) is 0 Å². The largest absolute Gasteiger partial charge is 0.497 e. The van der Waals surface area contributed by atoms with E-state index in [-0.39, 0.29) is 0 Å². The van der Waals surface area contributed by atoms with Crippen molar-refractivity contribution in [3.63, 3.8) is 0 Å². The van der Waals surface area contributed by atoms with Crippen molar-refractivity contribution in [2.24, 2.45) is 0 Å². The second-order valence-corrected chi connectivity index (χ2v) is 7.67. The fourth-order valence-electron chi connectivity index (χ4n) is 3.00. The lowest BCUT2D eigenvalue weighted by Gasteiger charge is -2.36. The minimum absolute atomic E-state index is 0.458. The molecule has 2 rings (SSSR count). The van der Waals surface area contributed by atoms with Crippen molar-refractivity contribution < 1.29 is 23.8 Å². The van der Waals surface area contributed by atoms with Crippen molar-refractivity contribution in [1.29, 1.82) is 0 Å². The van der Waals surface area contributed by atoms with E-state index in [0.717, 1.165) is 5.56 Å². The lowest BCUT2D eigenvalue weighted by Crippen LogP contribution is -2.44. The number of hydrogen-bond acceptors (Lipinski definition) is 5. The molecule has 0 radical (unpaired) electrons. The zero-order valence-electron chi connectivity index (χ0n) is 17.8. The molecule has 0 aliphatic rings. The van der Waals surface area contributed by atoms with Gasteiger partial charge in [-0.05, 0) is 51.0 Å². The third-order valence-corrected chi connectivity index (χ3v) is 4.44. The van der Waals surface area contributed by atoms with Crippen LogP contribution in [0.5, 0.6) is 5.75 Å². The summed E-state index contributed by atoms with van der Waals surface area (Å²) in [6.45, 7) is 7.22. The maximum atomic E-state index is 13.2. The summed E-state index contributed by atoms with van der Waals surface area (Å²) in [6, 6.07) is 15.0. The second-order valence-electron chi connectivity index (χ2n) is 7.67. The number of amides is 1. The van der Waals surface area contributed by atoms with E-state index >= 15 is 0 Å². The number of nitrogens with zero attached hydrogens (tertiary/aromatic N) is 1. The fourth-order valence-corrected chi connectivity index (χ4v) is 3.00. The molecule has 0 N–H and O–H groups in total. The average molecular weight is 399 g/mol. The van der Waals surface area contributed by atoms with Crippen LogP contribution in [0.15, 0.2) is 54.6 Å².